The maximum atomic E-state index is 14.3. The molecule has 0 spiro atoms. The molecule has 324 valence electrons. The molecule has 3 aliphatic rings. The first kappa shape index (κ1) is 45.1. The van der Waals surface area contributed by atoms with Gasteiger partial charge in [-0.15, -0.1) is 0 Å². The number of likely N-dealkylation sites (tertiary alicyclic amines) is 1. The molecule has 1 saturated heterocycles. The maximum absolute atomic E-state index is 14.3. The Balaban J connectivity index is 1.06. The molecule has 5 amide bonds. The smallest absolute Gasteiger partial charge is 0.416 e. The molecule has 59 heavy (non-hydrogen) atoms. The number of alkyl carbamates (subject to hydrolysis) is 1. The largest absolute Gasteiger partial charge is 0.444 e. The quantitative estimate of drug-likeness (QED) is 0.141. The highest BCUT2D eigenvalue weighted by Gasteiger charge is 2.45. The van der Waals surface area contributed by atoms with Gasteiger partial charge in [-0.25, -0.2) is 22.4 Å². The summed E-state index contributed by atoms with van der Waals surface area (Å²) in [5.41, 5.74) is 5.08. The van der Waals surface area contributed by atoms with E-state index < -0.39 is 92.9 Å². The van der Waals surface area contributed by atoms with Crippen molar-refractivity contribution in [2.24, 2.45) is 17.6 Å². The summed E-state index contributed by atoms with van der Waals surface area (Å²) in [6.45, 7) is 5.03. The molecule has 2 aromatic rings. The van der Waals surface area contributed by atoms with Crippen molar-refractivity contribution in [3.8, 4) is 0 Å². The SMILES string of the molecule is CC(C)(C)OC(=O)N[C@@H](CCCCCCC[C@@H]1C[C@@H]1C(=O)NS(=O)(=O)Cc1ccc(C(F)(F)F)cc1)C(=O)N1C[C@H](OC(=O)N2Cc3cccc(F)c3C2)C[C@H]1C(N)=O. The zero-order chi connectivity index (χ0) is 43.3. The third-order valence-corrected chi connectivity index (χ3v) is 11.8. The van der Waals surface area contributed by atoms with E-state index in [0.29, 0.717) is 36.8 Å². The van der Waals surface area contributed by atoms with Gasteiger partial charge >= 0.3 is 18.4 Å². The summed E-state index contributed by atoms with van der Waals surface area (Å²) < 4.78 is 90.8. The zero-order valence-electron chi connectivity index (χ0n) is 33.2. The van der Waals surface area contributed by atoms with E-state index in [1.165, 1.54) is 15.9 Å². The molecule has 2 fully saturated rings. The summed E-state index contributed by atoms with van der Waals surface area (Å²) in [6.07, 6.45) is -2.13. The minimum atomic E-state index is -4.55. The van der Waals surface area contributed by atoms with Gasteiger partial charge in [-0.2, -0.15) is 13.2 Å². The number of carbonyl (C=O) groups is 5. The number of primary amides is 1. The number of unbranched alkanes of at least 4 members (excludes halogenated alkanes) is 4. The molecule has 5 atom stereocenters. The highest BCUT2D eigenvalue weighted by molar-refractivity contribution is 7.89. The lowest BCUT2D eigenvalue weighted by Gasteiger charge is -2.28. The first-order valence-electron chi connectivity index (χ1n) is 19.6. The van der Waals surface area contributed by atoms with E-state index in [0.717, 1.165) is 43.5 Å². The molecule has 2 aliphatic heterocycles. The Labute approximate surface area is 340 Å². The third kappa shape index (κ3) is 12.8. The highest BCUT2D eigenvalue weighted by atomic mass is 32.2. The molecular formula is C40H51F4N5O9S. The zero-order valence-corrected chi connectivity index (χ0v) is 34.0. The van der Waals surface area contributed by atoms with E-state index in [9.17, 15) is 50.0 Å². The molecule has 1 aliphatic carbocycles. The summed E-state index contributed by atoms with van der Waals surface area (Å²) in [4.78, 5) is 67.4. The van der Waals surface area contributed by atoms with E-state index in [4.69, 9.17) is 15.2 Å². The monoisotopic (exact) mass is 853 g/mol. The Hall–Kier alpha value is -4.94. The summed E-state index contributed by atoms with van der Waals surface area (Å²) in [5, 5.41) is 2.63. The highest BCUT2D eigenvalue weighted by Crippen LogP contribution is 2.43. The van der Waals surface area contributed by atoms with Crippen LogP contribution in [-0.4, -0.2) is 78.5 Å². The lowest BCUT2D eigenvalue weighted by Crippen LogP contribution is -2.53. The molecule has 19 heteroatoms. The van der Waals surface area contributed by atoms with Crippen LogP contribution in [0.4, 0.5) is 27.2 Å². The van der Waals surface area contributed by atoms with E-state index in [1.807, 2.05) is 4.72 Å². The number of halogens is 4. The van der Waals surface area contributed by atoms with Gasteiger partial charge in [0.05, 0.1) is 24.4 Å². The van der Waals surface area contributed by atoms with Gasteiger partial charge in [0.25, 0.3) is 0 Å². The van der Waals surface area contributed by atoms with Gasteiger partial charge in [-0.1, -0.05) is 56.4 Å². The minimum Gasteiger partial charge on any atom is -0.444 e. The summed E-state index contributed by atoms with van der Waals surface area (Å²) in [7, 11) is -4.11. The Bertz CT molecular complexity index is 1990. The van der Waals surface area contributed by atoms with Gasteiger partial charge in [0.1, 0.15) is 29.6 Å². The predicted octanol–water partition coefficient (Wildman–Crippen LogP) is 5.66. The number of hydrogen-bond acceptors (Lipinski definition) is 9. The van der Waals surface area contributed by atoms with Crippen molar-refractivity contribution >= 4 is 39.9 Å². The van der Waals surface area contributed by atoms with Crippen LogP contribution in [0.1, 0.15) is 101 Å². The summed E-state index contributed by atoms with van der Waals surface area (Å²) in [5.74, 6) is -3.56. The molecule has 0 unspecified atom stereocenters. The molecule has 2 aromatic carbocycles. The molecule has 0 bridgehead atoms. The number of fused-ring (bicyclic) bond motifs is 1. The number of benzene rings is 2. The first-order chi connectivity index (χ1) is 27.6. The van der Waals surface area contributed by atoms with Crippen molar-refractivity contribution in [3.05, 3.63) is 70.5 Å². The van der Waals surface area contributed by atoms with Crippen LogP contribution in [0.5, 0.6) is 0 Å². The van der Waals surface area contributed by atoms with Crippen molar-refractivity contribution < 1.29 is 59.4 Å². The van der Waals surface area contributed by atoms with Gasteiger partial charge in [0, 0.05) is 24.4 Å². The Morgan fingerprint density at radius 3 is 2.25 bits per heavy atom. The predicted molar refractivity (Wildman–Crippen MR) is 205 cm³/mol. The average Bonchev–Trinajstić information content (AvgIpc) is 3.55. The maximum Gasteiger partial charge on any atom is 0.416 e. The first-order valence-corrected chi connectivity index (χ1v) is 21.3. The Morgan fingerprint density at radius 1 is 0.932 bits per heavy atom. The molecule has 4 N–H and O–H groups in total. The molecule has 14 nitrogen and oxygen atoms in total. The van der Waals surface area contributed by atoms with Crippen molar-refractivity contribution in [3.63, 3.8) is 0 Å². The number of amides is 5. The fourth-order valence-electron chi connectivity index (χ4n) is 7.48. The van der Waals surface area contributed by atoms with Crippen LogP contribution in [0.15, 0.2) is 42.5 Å². The van der Waals surface area contributed by atoms with Gasteiger partial charge in [-0.05, 0) is 75.3 Å². The molecule has 1 saturated carbocycles. The number of nitrogens with two attached hydrogens (primary N) is 1. The van der Waals surface area contributed by atoms with Crippen LogP contribution in [0, 0.1) is 17.7 Å². The molecule has 0 radical (unpaired) electrons. The van der Waals surface area contributed by atoms with Crippen molar-refractivity contribution in [2.75, 3.05) is 6.54 Å². The van der Waals surface area contributed by atoms with E-state index >= 15 is 0 Å². The van der Waals surface area contributed by atoms with Crippen LogP contribution < -0.4 is 15.8 Å². The van der Waals surface area contributed by atoms with Crippen molar-refractivity contribution in [1.82, 2.24) is 19.8 Å². The van der Waals surface area contributed by atoms with Crippen LogP contribution in [0.25, 0.3) is 0 Å². The second-order valence-electron chi connectivity index (χ2n) is 16.5. The van der Waals surface area contributed by atoms with Crippen LogP contribution in [-0.2, 0) is 58.9 Å². The normalized spacial score (nSPS) is 20.7. The Kier molecular flexibility index (Phi) is 14.2. The second-order valence-corrected chi connectivity index (χ2v) is 18.2. The van der Waals surface area contributed by atoms with Crippen LogP contribution in [0.2, 0.25) is 0 Å². The van der Waals surface area contributed by atoms with E-state index in [-0.39, 0.29) is 44.0 Å². The lowest BCUT2D eigenvalue weighted by molar-refractivity contribution is -0.139. The summed E-state index contributed by atoms with van der Waals surface area (Å²) in [6, 6.07) is 6.09. The van der Waals surface area contributed by atoms with Crippen molar-refractivity contribution in [1.29, 1.82) is 0 Å². The third-order valence-electron chi connectivity index (χ3n) is 10.5. The average molecular weight is 854 g/mol. The van der Waals surface area contributed by atoms with Gasteiger partial charge in [-0.3, -0.25) is 24.0 Å². The second kappa shape index (κ2) is 18.5. The number of carbonyl (C=O) groups excluding carboxylic acids is 5. The van der Waals surface area contributed by atoms with Gasteiger partial charge in [0.15, 0.2) is 0 Å². The number of nitrogens with one attached hydrogen (secondary N) is 2. The number of nitrogens with zero attached hydrogens (tertiary/aromatic N) is 2. The summed E-state index contributed by atoms with van der Waals surface area (Å²) >= 11 is 0. The van der Waals surface area contributed by atoms with Gasteiger partial charge < -0.3 is 25.4 Å². The van der Waals surface area contributed by atoms with Crippen LogP contribution in [0.3, 0.4) is 0 Å². The fourth-order valence-corrected chi connectivity index (χ4v) is 8.64. The topological polar surface area (TPSA) is 195 Å². The van der Waals surface area contributed by atoms with Gasteiger partial charge in [0.2, 0.25) is 27.7 Å². The number of rotatable bonds is 16. The molecular weight excluding hydrogens is 803 g/mol. The number of alkyl halides is 3. The number of ether oxygens (including phenoxy) is 2. The number of sulfonamides is 1. The molecule has 2 heterocycles. The Morgan fingerprint density at radius 2 is 1.61 bits per heavy atom. The number of hydrogen-bond donors (Lipinski definition) is 3. The van der Waals surface area contributed by atoms with E-state index in [2.05, 4.69) is 5.32 Å². The van der Waals surface area contributed by atoms with Crippen molar-refractivity contribution in [2.45, 2.75) is 127 Å². The fraction of sp³-hybridized carbons (Fsp3) is 0.575. The molecule has 5 rings (SSSR count). The van der Waals surface area contributed by atoms with Crippen LogP contribution >= 0.6 is 0 Å². The molecule has 0 aromatic heterocycles. The standard InChI is InChI=1S/C40H51F4N5O9S/c1-39(2,3)58-37(53)46-32(36(52)49-21-28(19-33(49)34(45)50)57-38(54)48-20-26-11-9-12-31(41)30(26)22-48)13-8-6-4-5-7-10-25-18-29(25)35(51)47-59(55,56)23-24-14-16-27(17-15-24)40(42,43)44/h9,11-12,14-17,25,28-29,32-33H,4-8,10,13,18-23H2,1-3H3,(H2,45,50)(H,46,53)(H,47,51)/t25-,28-,29+,32+,33+/m1/s1. The van der Waals surface area contributed by atoms with E-state index in [1.54, 1.807) is 32.9 Å². The lowest BCUT2D eigenvalue weighted by atomic mass is 10.0. The minimum absolute atomic E-state index is 0.00714.